The van der Waals surface area contributed by atoms with E-state index in [1.807, 2.05) is 13.8 Å². The minimum atomic E-state index is -0.254. The molecule has 0 fully saturated rings. The third-order valence-electron chi connectivity index (χ3n) is 2.75. The lowest BCUT2D eigenvalue weighted by molar-refractivity contribution is 0.102. The fourth-order valence-electron chi connectivity index (χ4n) is 1.58. The Kier molecular flexibility index (Phi) is 2.71. The molecule has 0 spiro atoms. The molecule has 2 aromatic rings. The number of aromatic amines is 1. The van der Waals surface area contributed by atoms with Crippen LogP contribution < -0.4 is 5.32 Å². The second-order valence-corrected chi connectivity index (χ2v) is 3.98. The fraction of sp³-hybridized carbons (Fsp3) is 0.364. The molecule has 2 rings (SSSR count). The number of carbonyl (C=O) groups excluding carboxylic acids is 1. The van der Waals surface area contributed by atoms with Gasteiger partial charge in [0.05, 0.1) is 5.69 Å². The number of carbonyl (C=O) groups is 1. The number of nitrogens with one attached hydrogen (secondary N) is 2. The highest BCUT2D eigenvalue weighted by atomic mass is 16.5. The predicted molar refractivity (Wildman–Crippen MR) is 62.0 cm³/mol. The molecule has 0 saturated heterocycles. The quantitative estimate of drug-likeness (QED) is 0.831. The first kappa shape index (κ1) is 11.4. The van der Waals surface area contributed by atoms with E-state index in [1.165, 1.54) is 0 Å². The van der Waals surface area contributed by atoms with E-state index in [1.54, 1.807) is 13.8 Å². The van der Waals surface area contributed by atoms with Crippen LogP contribution in [0.1, 0.15) is 33.1 Å². The van der Waals surface area contributed by atoms with Crippen molar-refractivity contribution in [2.45, 2.75) is 27.7 Å². The molecule has 0 radical (unpaired) electrons. The number of nitrogens with zero attached hydrogens (tertiary/aromatic N) is 2. The normalized spacial score (nSPS) is 10.6. The summed E-state index contributed by atoms with van der Waals surface area (Å²) in [4.78, 5) is 12.0. The van der Waals surface area contributed by atoms with Crippen LogP contribution in [0.3, 0.4) is 0 Å². The topological polar surface area (TPSA) is 83.8 Å². The van der Waals surface area contributed by atoms with Gasteiger partial charge in [-0.3, -0.25) is 9.89 Å². The van der Waals surface area contributed by atoms with Crippen LogP contribution in [0.4, 0.5) is 5.82 Å². The Morgan fingerprint density at radius 1 is 1.29 bits per heavy atom. The maximum atomic E-state index is 12.0. The Bertz CT molecular complexity index is 549. The van der Waals surface area contributed by atoms with Crippen molar-refractivity contribution < 1.29 is 9.32 Å². The molecule has 90 valence electrons. The lowest BCUT2D eigenvalue weighted by Gasteiger charge is -2.02. The first-order chi connectivity index (χ1) is 8.00. The number of hydrogen-bond acceptors (Lipinski definition) is 4. The van der Waals surface area contributed by atoms with Crippen molar-refractivity contribution in [1.82, 2.24) is 15.4 Å². The van der Waals surface area contributed by atoms with E-state index in [0.717, 1.165) is 11.3 Å². The minimum absolute atomic E-state index is 0.254. The summed E-state index contributed by atoms with van der Waals surface area (Å²) >= 11 is 0. The summed E-state index contributed by atoms with van der Waals surface area (Å²) in [5, 5.41) is 13.3. The highest BCUT2D eigenvalue weighted by molar-refractivity contribution is 6.05. The van der Waals surface area contributed by atoms with Crippen molar-refractivity contribution in [3.05, 3.63) is 28.3 Å². The maximum absolute atomic E-state index is 12.0. The van der Waals surface area contributed by atoms with Gasteiger partial charge in [-0.2, -0.15) is 5.10 Å². The summed E-state index contributed by atoms with van der Waals surface area (Å²) in [6, 6.07) is 0. The summed E-state index contributed by atoms with van der Waals surface area (Å²) < 4.78 is 4.95. The van der Waals surface area contributed by atoms with Crippen molar-refractivity contribution in [3.63, 3.8) is 0 Å². The molecule has 0 aromatic carbocycles. The molecule has 6 nitrogen and oxygen atoms in total. The zero-order chi connectivity index (χ0) is 12.6. The van der Waals surface area contributed by atoms with E-state index >= 15 is 0 Å². The summed E-state index contributed by atoms with van der Waals surface area (Å²) in [6.45, 7) is 7.22. The minimum Gasteiger partial charge on any atom is -0.361 e. The monoisotopic (exact) mass is 234 g/mol. The van der Waals surface area contributed by atoms with Gasteiger partial charge in [0, 0.05) is 11.3 Å². The molecular formula is C11H14N4O2. The average Bonchev–Trinajstić information content (AvgIpc) is 2.76. The van der Waals surface area contributed by atoms with Crippen molar-refractivity contribution >= 4 is 11.7 Å². The van der Waals surface area contributed by atoms with E-state index in [2.05, 4.69) is 20.7 Å². The van der Waals surface area contributed by atoms with Crippen molar-refractivity contribution in [2.75, 3.05) is 5.32 Å². The SMILES string of the molecule is Cc1noc(C)c1C(=O)Nc1n[nH]c(C)c1C. The molecule has 2 heterocycles. The molecule has 6 heteroatoms. The third-order valence-corrected chi connectivity index (χ3v) is 2.75. The standard InChI is InChI=1S/C11H14N4O2/c1-5-6(2)13-14-10(5)12-11(16)9-7(3)15-17-8(9)4/h1-4H3,(H2,12,13,14,16). The molecule has 17 heavy (non-hydrogen) atoms. The van der Waals surface area contributed by atoms with Crippen LogP contribution in [0.25, 0.3) is 0 Å². The second kappa shape index (κ2) is 4.04. The zero-order valence-corrected chi connectivity index (χ0v) is 10.2. The van der Waals surface area contributed by atoms with Gasteiger partial charge in [-0.25, -0.2) is 0 Å². The number of amides is 1. The van der Waals surface area contributed by atoms with E-state index < -0.39 is 0 Å². The van der Waals surface area contributed by atoms with Crippen LogP contribution in [0.15, 0.2) is 4.52 Å². The van der Waals surface area contributed by atoms with Gasteiger partial charge >= 0.3 is 0 Å². The van der Waals surface area contributed by atoms with Crippen LogP contribution in [0.5, 0.6) is 0 Å². The van der Waals surface area contributed by atoms with Crippen LogP contribution in [-0.2, 0) is 0 Å². The van der Waals surface area contributed by atoms with Gasteiger partial charge in [-0.1, -0.05) is 5.16 Å². The Morgan fingerprint density at radius 2 is 2.00 bits per heavy atom. The van der Waals surface area contributed by atoms with Gasteiger partial charge in [0.25, 0.3) is 5.91 Å². The van der Waals surface area contributed by atoms with Crippen LogP contribution in [0, 0.1) is 27.7 Å². The molecular weight excluding hydrogens is 220 g/mol. The number of rotatable bonds is 2. The molecule has 0 atom stereocenters. The van der Waals surface area contributed by atoms with E-state index in [9.17, 15) is 4.79 Å². The third kappa shape index (κ3) is 1.93. The summed E-state index contributed by atoms with van der Waals surface area (Å²) in [5.41, 5.74) is 2.89. The molecule has 0 aliphatic rings. The maximum Gasteiger partial charge on any atom is 0.262 e. The summed E-state index contributed by atoms with van der Waals surface area (Å²) in [5.74, 6) is 0.785. The van der Waals surface area contributed by atoms with Gasteiger partial charge in [0.1, 0.15) is 11.3 Å². The van der Waals surface area contributed by atoms with E-state index in [0.29, 0.717) is 22.8 Å². The highest BCUT2D eigenvalue weighted by Gasteiger charge is 2.19. The summed E-state index contributed by atoms with van der Waals surface area (Å²) in [7, 11) is 0. The predicted octanol–water partition coefficient (Wildman–Crippen LogP) is 1.88. The van der Waals surface area contributed by atoms with E-state index in [4.69, 9.17) is 4.52 Å². The molecule has 0 aliphatic heterocycles. The Balaban J connectivity index is 2.26. The fourth-order valence-corrected chi connectivity index (χ4v) is 1.58. The smallest absolute Gasteiger partial charge is 0.262 e. The van der Waals surface area contributed by atoms with Gasteiger partial charge in [-0.15, -0.1) is 0 Å². The molecule has 0 saturated carbocycles. The first-order valence-electron chi connectivity index (χ1n) is 5.26. The molecule has 0 unspecified atom stereocenters. The van der Waals surface area contributed by atoms with Crippen LogP contribution >= 0.6 is 0 Å². The number of H-pyrrole nitrogens is 1. The van der Waals surface area contributed by atoms with Crippen molar-refractivity contribution in [2.24, 2.45) is 0 Å². The molecule has 2 N–H and O–H groups in total. The number of anilines is 1. The van der Waals surface area contributed by atoms with Crippen LogP contribution in [-0.4, -0.2) is 21.3 Å². The first-order valence-corrected chi connectivity index (χ1v) is 5.26. The molecule has 0 bridgehead atoms. The van der Waals surface area contributed by atoms with Gasteiger partial charge < -0.3 is 9.84 Å². The van der Waals surface area contributed by atoms with Crippen molar-refractivity contribution in [1.29, 1.82) is 0 Å². The number of aromatic nitrogens is 3. The van der Waals surface area contributed by atoms with Gasteiger partial charge in [0.2, 0.25) is 0 Å². The largest absolute Gasteiger partial charge is 0.361 e. The number of aryl methyl sites for hydroxylation is 3. The van der Waals surface area contributed by atoms with Gasteiger partial charge in [-0.05, 0) is 27.7 Å². The zero-order valence-electron chi connectivity index (χ0n) is 10.2. The second-order valence-electron chi connectivity index (χ2n) is 3.98. The van der Waals surface area contributed by atoms with Gasteiger partial charge in [0.15, 0.2) is 5.82 Å². The van der Waals surface area contributed by atoms with Crippen LogP contribution in [0.2, 0.25) is 0 Å². The van der Waals surface area contributed by atoms with Crippen molar-refractivity contribution in [3.8, 4) is 0 Å². The Hall–Kier alpha value is -2.11. The molecule has 2 aromatic heterocycles. The molecule has 0 aliphatic carbocycles. The molecule has 1 amide bonds. The Labute approximate surface area is 98.4 Å². The Morgan fingerprint density at radius 3 is 2.47 bits per heavy atom. The number of hydrogen-bond donors (Lipinski definition) is 2. The lowest BCUT2D eigenvalue weighted by Crippen LogP contribution is -2.14. The summed E-state index contributed by atoms with van der Waals surface area (Å²) in [6.07, 6.45) is 0. The lowest BCUT2D eigenvalue weighted by atomic mass is 10.2. The highest BCUT2D eigenvalue weighted by Crippen LogP contribution is 2.17. The van der Waals surface area contributed by atoms with E-state index in [-0.39, 0.29) is 5.91 Å². The average molecular weight is 234 g/mol.